The molecule has 2 fully saturated rings. The second kappa shape index (κ2) is 8.78. The van der Waals surface area contributed by atoms with Gasteiger partial charge in [-0.05, 0) is 32.0 Å². The minimum atomic E-state index is -6.05. The Morgan fingerprint density at radius 2 is 1.69 bits per heavy atom. The summed E-state index contributed by atoms with van der Waals surface area (Å²) >= 11 is 0. The average Bonchev–Trinajstić information content (AvgIpc) is 3.12. The first kappa shape index (κ1) is 27.5. The molecule has 2 rings (SSSR count). The van der Waals surface area contributed by atoms with Gasteiger partial charge in [-0.3, -0.25) is 4.18 Å². The van der Waals surface area contributed by atoms with Crippen LogP contribution >= 0.6 is 0 Å². The number of carbonyl (C=O) groups excluding carboxylic acids is 1. The molecule has 32 heavy (non-hydrogen) atoms. The lowest BCUT2D eigenvalue weighted by Crippen LogP contribution is -2.53. The molecule has 2 aliphatic rings. The molecule has 0 radical (unpaired) electrons. The average molecular weight is 509 g/mol. The number of hydrogen-bond acceptors (Lipinski definition) is 9. The van der Waals surface area contributed by atoms with Crippen LogP contribution in [0.5, 0.6) is 0 Å². The van der Waals surface area contributed by atoms with Gasteiger partial charge in [0.1, 0.15) is 24.4 Å². The van der Waals surface area contributed by atoms with Gasteiger partial charge in [0.25, 0.3) is 0 Å². The molecule has 5 atom stereocenters. The van der Waals surface area contributed by atoms with Crippen molar-refractivity contribution in [1.82, 2.24) is 0 Å². The lowest BCUT2D eigenvalue weighted by Gasteiger charge is -2.40. The zero-order valence-corrected chi connectivity index (χ0v) is 21.1. The highest BCUT2D eigenvalue weighted by molar-refractivity contribution is 7.87. The molecule has 0 spiro atoms. The van der Waals surface area contributed by atoms with E-state index < -0.39 is 71.3 Å². The van der Waals surface area contributed by atoms with Crippen LogP contribution < -0.4 is 0 Å². The number of methoxy groups -OCH3 is 1. The third kappa shape index (κ3) is 5.65. The standard InChI is InChI=1S/C18H31F3O9SSi/c1-16(2,3)32(7,8)30-13-12(29-31(23,24)18(19,20)21)11(27-14(13)15(22)25-6)10-9-26-17(4,5)28-10/h10-14H,9H2,1-8H3/t10-,11-,12+,13-,14-/m1/s1. The third-order valence-corrected chi connectivity index (χ3v) is 11.4. The number of hydrogen-bond donors (Lipinski definition) is 0. The van der Waals surface area contributed by atoms with Gasteiger partial charge in [-0.25, -0.2) is 4.79 Å². The molecule has 2 saturated heterocycles. The van der Waals surface area contributed by atoms with Gasteiger partial charge in [-0.1, -0.05) is 20.8 Å². The molecule has 188 valence electrons. The van der Waals surface area contributed by atoms with Crippen molar-refractivity contribution in [1.29, 1.82) is 0 Å². The van der Waals surface area contributed by atoms with Crippen LogP contribution in [0.1, 0.15) is 34.6 Å². The van der Waals surface area contributed by atoms with E-state index in [0.29, 0.717) is 0 Å². The second-order valence-electron chi connectivity index (χ2n) is 9.72. The number of esters is 1. The first-order valence-electron chi connectivity index (χ1n) is 9.95. The molecule has 0 bridgehead atoms. The first-order valence-corrected chi connectivity index (χ1v) is 14.3. The second-order valence-corrected chi connectivity index (χ2v) is 16.0. The summed E-state index contributed by atoms with van der Waals surface area (Å²) in [5.74, 6) is -2.03. The van der Waals surface area contributed by atoms with Crippen molar-refractivity contribution in [2.75, 3.05) is 13.7 Å². The van der Waals surface area contributed by atoms with Crippen LogP contribution in [0.2, 0.25) is 18.1 Å². The van der Waals surface area contributed by atoms with Crippen molar-refractivity contribution < 1.29 is 53.9 Å². The monoisotopic (exact) mass is 508 g/mol. The summed E-state index contributed by atoms with van der Waals surface area (Å²) < 4.78 is 95.6. The fraction of sp³-hybridized carbons (Fsp3) is 0.944. The first-order chi connectivity index (χ1) is 14.2. The van der Waals surface area contributed by atoms with Crippen molar-refractivity contribution in [3.63, 3.8) is 0 Å². The largest absolute Gasteiger partial charge is 0.523 e. The minimum absolute atomic E-state index is 0.121. The van der Waals surface area contributed by atoms with Crippen LogP contribution in [-0.4, -0.2) is 78.2 Å². The Labute approximate surface area is 187 Å². The van der Waals surface area contributed by atoms with Gasteiger partial charge < -0.3 is 23.4 Å². The Bertz CT molecular complexity index is 807. The van der Waals surface area contributed by atoms with Crippen molar-refractivity contribution in [3.8, 4) is 0 Å². The molecule has 0 saturated carbocycles. The van der Waals surface area contributed by atoms with Crippen LogP contribution in [0.25, 0.3) is 0 Å². The molecule has 0 N–H and O–H groups in total. The predicted octanol–water partition coefficient (Wildman–Crippen LogP) is 2.70. The van der Waals surface area contributed by atoms with E-state index >= 15 is 0 Å². The predicted molar refractivity (Wildman–Crippen MR) is 107 cm³/mol. The Morgan fingerprint density at radius 1 is 1.12 bits per heavy atom. The molecule has 0 aromatic carbocycles. The fourth-order valence-corrected chi connectivity index (χ4v) is 5.03. The number of alkyl halides is 3. The molecule has 9 nitrogen and oxygen atoms in total. The van der Waals surface area contributed by atoms with Crippen molar-refractivity contribution in [2.24, 2.45) is 0 Å². The molecule has 0 aromatic heterocycles. The van der Waals surface area contributed by atoms with Gasteiger partial charge in [0, 0.05) is 0 Å². The Balaban J connectivity index is 2.53. The quantitative estimate of drug-likeness (QED) is 0.232. The van der Waals surface area contributed by atoms with Gasteiger partial charge in [-0.2, -0.15) is 21.6 Å². The molecule has 0 unspecified atom stereocenters. The van der Waals surface area contributed by atoms with Crippen LogP contribution in [-0.2, 0) is 42.5 Å². The third-order valence-electron chi connectivity index (χ3n) is 5.84. The Hall–Kier alpha value is -0.773. The van der Waals surface area contributed by atoms with E-state index in [1.807, 2.05) is 20.8 Å². The van der Waals surface area contributed by atoms with E-state index in [1.165, 1.54) is 0 Å². The van der Waals surface area contributed by atoms with E-state index in [9.17, 15) is 26.4 Å². The van der Waals surface area contributed by atoms with Crippen molar-refractivity contribution in [2.45, 2.75) is 94.6 Å². The lowest BCUT2D eigenvalue weighted by atomic mass is 10.0. The molecule has 0 aromatic rings. The highest BCUT2D eigenvalue weighted by Crippen LogP contribution is 2.43. The smallest absolute Gasteiger partial charge is 0.467 e. The Kier molecular flexibility index (Phi) is 7.54. The minimum Gasteiger partial charge on any atom is -0.467 e. The number of ether oxygens (including phenoxy) is 4. The van der Waals surface area contributed by atoms with Gasteiger partial charge in [-0.15, -0.1) is 0 Å². The molecule has 2 aliphatic heterocycles. The summed E-state index contributed by atoms with van der Waals surface area (Å²) in [6.45, 7) is 12.2. The fourth-order valence-electron chi connectivity index (χ4n) is 3.12. The summed E-state index contributed by atoms with van der Waals surface area (Å²) in [5.41, 5.74) is -5.69. The van der Waals surface area contributed by atoms with E-state index in [2.05, 4.69) is 4.18 Å². The summed E-state index contributed by atoms with van der Waals surface area (Å²) in [4.78, 5) is 12.4. The van der Waals surface area contributed by atoms with Gasteiger partial charge >= 0.3 is 21.6 Å². The van der Waals surface area contributed by atoms with Crippen LogP contribution in [0.4, 0.5) is 13.2 Å². The van der Waals surface area contributed by atoms with Crippen LogP contribution in [0.15, 0.2) is 0 Å². The molecular formula is C18H31F3O9SSi. The molecule has 0 aliphatic carbocycles. The number of rotatable bonds is 6. The lowest BCUT2D eigenvalue weighted by molar-refractivity contribution is -0.169. The molecular weight excluding hydrogens is 477 g/mol. The van der Waals surface area contributed by atoms with Crippen LogP contribution in [0, 0.1) is 0 Å². The normalized spacial score (nSPS) is 31.7. The molecule has 14 heteroatoms. The highest BCUT2D eigenvalue weighted by Gasteiger charge is 2.61. The topological polar surface area (TPSA) is 107 Å². The zero-order chi connectivity index (χ0) is 24.9. The maximum absolute atomic E-state index is 13.2. The number of carbonyl (C=O) groups is 1. The maximum atomic E-state index is 13.2. The van der Waals surface area contributed by atoms with Crippen molar-refractivity contribution in [3.05, 3.63) is 0 Å². The number of halogens is 3. The van der Waals surface area contributed by atoms with Gasteiger partial charge in [0.05, 0.1) is 13.7 Å². The van der Waals surface area contributed by atoms with Gasteiger partial charge in [0.15, 0.2) is 20.2 Å². The van der Waals surface area contributed by atoms with E-state index in [1.54, 1.807) is 26.9 Å². The highest BCUT2D eigenvalue weighted by atomic mass is 32.2. The van der Waals surface area contributed by atoms with Crippen LogP contribution in [0.3, 0.4) is 0 Å². The zero-order valence-electron chi connectivity index (χ0n) is 19.3. The summed E-state index contributed by atoms with van der Waals surface area (Å²) in [6, 6.07) is 0. The Morgan fingerprint density at radius 3 is 2.09 bits per heavy atom. The van der Waals surface area contributed by atoms with Gasteiger partial charge in [0.2, 0.25) is 0 Å². The van der Waals surface area contributed by atoms with E-state index in [-0.39, 0.29) is 6.61 Å². The SMILES string of the molecule is COC(=O)[C@@H]1O[C@H]([C@H]2COC(C)(C)O2)[C@H](OS(=O)(=O)C(F)(F)F)[C@H]1O[Si](C)(C)C(C)(C)C. The maximum Gasteiger partial charge on any atom is 0.523 e. The molecule has 2 heterocycles. The molecule has 0 amide bonds. The summed E-state index contributed by atoms with van der Waals surface area (Å²) in [7, 11) is -7.72. The van der Waals surface area contributed by atoms with E-state index in [0.717, 1.165) is 7.11 Å². The summed E-state index contributed by atoms with van der Waals surface area (Å²) in [6.07, 6.45) is -7.27. The summed E-state index contributed by atoms with van der Waals surface area (Å²) in [5, 5.41) is -0.422. The van der Waals surface area contributed by atoms with E-state index in [4.69, 9.17) is 23.4 Å². The van der Waals surface area contributed by atoms with Crippen molar-refractivity contribution >= 4 is 24.4 Å².